The Bertz CT molecular complexity index is 1360. The molecule has 2 heterocycles. The Morgan fingerprint density at radius 1 is 1.11 bits per heavy atom. The molecule has 7 rings (SSSR count). The molecule has 0 radical (unpaired) electrons. The minimum Gasteiger partial charge on any atom is -0.481 e. The highest BCUT2D eigenvalue weighted by Gasteiger charge is 2.47. The van der Waals surface area contributed by atoms with Crippen LogP contribution in [0.3, 0.4) is 0 Å². The van der Waals surface area contributed by atoms with Crippen molar-refractivity contribution < 1.29 is 19.2 Å². The number of aliphatic carboxylic acids is 1. The third kappa shape index (κ3) is 3.95. The molecule has 0 unspecified atom stereocenters. The van der Waals surface area contributed by atoms with E-state index in [1.165, 1.54) is 5.69 Å². The number of anilines is 1. The summed E-state index contributed by atoms with van der Waals surface area (Å²) in [5.74, 6) is 1.06. The minimum atomic E-state index is -0.700. The van der Waals surface area contributed by atoms with Gasteiger partial charge < -0.3 is 19.3 Å². The summed E-state index contributed by atoms with van der Waals surface area (Å²) in [6.45, 7) is 1.38. The maximum Gasteiger partial charge on any atom is 0.314 e. The van der Waals surface area contributed by atoms with Crippen molar-refractivity contribution in [2.75, 3.05) is 11.4 Å². The van der Waals surface area contributed by atoms with Crippen molar-refractivity contribution in [2.24, 2.45) is 5.92 Å². The molecule has 1 aromatic heterocycles. The molecule has 3 aromatic rings. The molecule has 1 aliphatic heterocycles. The number of carbonyl (C=O) groups is 1. The lowest BCUT2D eigenvalue weighted by Gasteiger charge is -2.38. The number of aromatic nitrogens is 1. The van der Waals surface area contributed by atoms with Gasteiger partial charge in [-0.3, -0.25) is 4.79 Å². The Labute approximate surface area is 231 Å². The monoisotopic (exact) mass is 552 g/mol. The molecule has 3 atom stereocenters. The van der Waals surface area contributed by atoms with Crippen molar-refractivity contribution in [2.45, 2.75) is 75.0 Å². The van der Waals surface area contributed by atoms with Crippen LogP contribution in [0.25, 0.3) is 11.3 Å². The number of nitrogens with zero attached hydrogens (tertiary/aromatic N) is 2. The number of halogens is 2. The summed E-state index contributed by atoms with van der Waals surface area (Å²) in [7, 11) is 0. The quantitative estimate of drug-likeness (QED) is 0.318. The van der Waals surface area contributed by atoms with Crippen molar-refractivity contribution in [3.63, 3.8) is 0 Å². The van der Waals surface area contributed by atoms with E-state index in [1.54, 1.807) is 0 Å². The van der Waals surface area contributed by atoms with Gasteiger partial charge in [0.2, 0.25) is 0 Å². The largest absolute Gasteiger partial charge is 0.481 e. The second kappa shape index (κ2) is 9.29. The summed E-state index contributed by atoms with van der Waals surface area (Å²) in [4.78, 5) is 14.3. The van der Waals surface area contributed by atoms with E-state index in [0.717, 1.165) is 68.4 Å². The zero-order valence-corrected chi connectivity index (χ0v) is 22.5. The standard InChI is InChI=1S/C30H30Cl2N2O4/c31-23-3-1-4-24(32)26(23)27-22(28(38-33-27)17-5-6-17)16-37-25-14-21-13-18(25)15-34(21)20-9-7-19(8-10-20)30(29(35)36)11-2-12-30/h1,3-4,7-10,17-18,21,25H,2,5-6,11-16H2,(H,35,36)/t18-,21-,25+/m0/s1. The van der Waals surface area contributed by atoms with E-state index in [1.807, 2.05) is 30.3 Å². The Morgan fingerprint density at radius 2 is 1.84 bits per heavy atom. The Hall–Kier alpha value is -2.54. The highest BCUT2D eigenvalue weighted by Crippen LogP contribution is 2.48. The highest BCUT2D eigenvalue weighted by atomic mass is 35.5. The zero-order chi connectivity index (χ0) is 26.0. The summed E-state index contributed by atoms with van der Waals surface area (Å²) < 4.78 is 12.4. The molecule has 0 amide bonds. The van der Waals surface area contributed by atoms with Crippen LogP contribution in [-0.4, -0.2) is 34.9 Å². The average molecular weight is 553 g/mol. The fourth-order valence-electron chi connectivity index (χ4n) is 6.79. The van der Waals surface area contributed by atoms with E-state index >= 15 is 0 Å². The molecule has 198 valence electrons. The number of hydrogen-bond donors (Lipinski definition) is 1. The molecular weight excluding hydrogens is 523 g/mol. The van der Waals surface area contributed by atoms with Gasteiger partial charge in [-0.05, 0) is 68.4 Å². The van der Waals surface area contributed by atoms with Crippen LogP contribution >= 0.6 is 23.2 Å². The van der Waals surface area contributed by atoms with Gasteiger partial charge in [-0.1, -0.05) is 53.0 Å². The SMILES string of the molecule is O=C(O)C1(c2ccc(N3C[C@@H]4C[C@H]3C[C@H]4OCc3c(-c4c(Cl)cccc4Cl)noc3C3CC3)cc2)CCC1. The maximum atomic E-state index is 11.9. The number of piperidine rings is 1. The lowest BCUT2D eigenvalue weighted by atomic mass is 9.64. The predicted molar refractivity (Wildman–Crippen MR) is 146 cm³/mol. The van der Waals surface area contributed by atoms with Crippen LogP contribution in [0.4, 0.5) is 5.69 Å². The molecule has 4 aliphatic rings. The molecule has 1 saturated heterocycles. The molecule has 0 spiro atoms. The van der Waals surface area contributed by atoms with Gasteiger partial charge in [-0.25, -0.2) is 0 Å². The molecule has 1 N–H and O–H groups in total. The number of carboxylic acid groups (broad SMARTS) is 1. The summed E-state index contributed by atoms with van der Waals surface area (Å²) in [6.07, 6.45) is 6.90. The van der Waals surface area contributed by atoms with Gasteiger partial charge in [0.05, 0.1) is 28.2 Å². The van der Waals surface area contributed by atoms with Gasteiger partial charge in [-0.2, -0.15) is 0 Å². The number of rotatable bonds is 8. The van der Waals surface area contributed by atoms with Crippen LogP contribution in [0, 0.1) is 5.92 Å². The van der Waals surface area contributed by atoms with Crippen LogP contribution in [0.1, 0.15) is 67.8 Å². The number of hydrogen-bond acceptors (Lipinski definition) is 5. The molecule has 2 bridgehead atoms. The van der Waals surface area contributed by atoms with Crippen molar-refractivity contribution in [1.82, 2.24) is 5.16 Å². The molecule has 8 heteroatoms. The molecule has 3 aliphatic carbocycles. The fraction of sp³-hybridized carbons (Fsp3) is 0.467. The Kier molecular flexibility index (Phi) is 5.99. The molecule has 4 fully saturated rings. The molecule has 38 heavy (non-hydrogen) atoms. The topological polar surface area (TPSA) is 75.8 Å². The van der Waals surface area contributed by atoms with Crippen LogP contribution in [0.2, 0.25) is 10.0 Å². The van der Waals surface area contributed by atoms with Crippen LogP contribution in [0.5, 0.6) is 0 Å². The molecular formula is C30H30Cl2N2O4. The molecule has 3 saturated carbocycles. The van der Waals surface area contributed by atoms with Gasteiger partial charge >= 0.3 is 5.97 Å². The van der Waals surface area contributed by atoms with Crippen LogP contribution < -0.4 is 4.90 Å². The summed E-state index contributed by atoms with van der Waals surface area (Å²) in [6, 6.07) is 14.2. The molecule has 6 nitrogen and oxygen atoms in total. The smallest absolute Gasteiger partial charge is 0.314 e. The predicted octanol–water partition coefficient (Wildman–Crippen LogP) is 7.22. The maximum absolute atomic E-state index is 11.9. The normalized spacial score (nSPS) is 25.5. The van der Waals surface area contributed by atoms with Gasteiger partial charge in [-0.15, -0.1) is 0 Å². The summed E-state index contributed by atoms with van der Waals surface area (Å²) in [5, 5.41) is 15.3. The van der Waals surface area contributed by atoms with E-state index in [4.69, 9.17) is 32.5 Å². The van der Waals surface area contributed by atoms with Gasteiger partial charge in [0.1, 0.15) is 11.5 Å². The van der Waals surface area contributed by atoms with Crippen LogP contribution in [-0.2, 0) is 21.6 Å². The summed E-state index contributed by atoms with van der Waals surface area (Å²) in [5.41, 5.74) is 3.79. The third-order valence-corrected chi connectivity index (χ3v) is 9.88. The van der Waals surface area contributed by atoms with E-state index in [9.17, 15) is 9.90 Å². The van der Waals surface area contributed by atoms with Crippen molar-refractivity contribution >= 4 is 34.9 Å². The first kappa shape index (κ1) is 24.5. The third-order valence-electron chi connectivity index (χ3n) is 9.25. The lowest BCUT2D eigenvalue weighted by molar-refractivity contribution is -0.147. The number of carboxylic acids is 1. The fourth-order valence-corrected chi connectivity index (χ4v) is 7.37. The Balaban J connectivity index is 1.05. The highest BCUT2D eigenvalue weighted by molar-refractivity contribution is 6.39. The lowest BCUT2D eigenvalue weighted by Crippen LogP contribution is -2.42. The van der Waals surface area contributed by atoms with Crippen molar-refractivity contribution in [3.05, 3.63) is 69.4 Å². The van der Waals surface area contributed by atoms with Crippen molar-refractivity contribution in [1.29, 1.82) is 0 Å². The van der Waals surface area contributed by atoms with E-state index < -0.39 is 11.4 Å². The first-order valence-corrected chi connectivity index (χ1v) is 14.4. The van der Waals surface area contributed by atoms with E-state index in [-0.39, 0.29) is 6.10 Å². The second-order valence-electron chi connectivity index (χ2n) is 11.4. The van der Waals surface area contributed by atoms with Crippen LogP contribution in [0.15, 0.2) is 47.0 Å². The van der Waals surface area contributed by atoms with E-state index in [0.29, 0.717) is 45.8 Å². The first-order valence-electron chi connectivity index (χ1n) is 13.6. The number of fused-ring (bicyclic) bond motifs is 2. The zero-order valence-electron chi connectivity index (χ0n) is 21.0. The van der Waals surface area contributed by atoms with Gasteiger partial charge in [0, 0.05) is 41.2 Å². The number of benzene rings is 2. The summed E-state index contributed by atoms with van der Waals surface area (Å²) >= 11 is 13.0. The Morgan fingerprint density at radius 3 is 2.42 bits per heavy atom. The van der Waals surface area contributed by atoms with E-state index in [2.05, 4.69) is 22.2 Å². The molecule has 2 aromatic carbocycles. The van der Waals surface area contributed by atoms with Gasteiger partial charge in [0.25, 0.3) is 0 Å². The first-order chi connectivity index (χ1) is 18.4. The van der Waals surface area contributed by atoms with Gasteiger partial charge in [0.15, 0.2) is 0 Å². The second-order valence-corrected chi connectivity index (χ2v) is 12.2. The number of ether oxygens (including phenoxy) is 1. The minimum absolute atomic E-state index is 0.178. The average Bonchev–Trinajstić information content (AvgIpc) is 3.32. The van der Waals surface area contributed by atoms with Crippen molar-refractivity contribution in [3.8, 4) is 11.3 Å².